The van der Waals surface area contributed by atoms with Crippen LogP contribution in [0.4, 0.5) is 0 Å². The average molecular weight is 351 g/mol. The molecule has 0 aliphatic carbocycles. The molecule has 4 heteroatoms. The lowest BCUT2D eigenvalue weighted by atomic mass is 10.1. The third kappa shape index (κ3) is 3.33. The van der Waals surface area contributed by atoms with Crippen LogP contribution in [0.5, 0.6) is 5.75 Å². The summed E-state index contributed by atoms with van der Waals surface area (Å²) in [4.78, 5) is 0. The van der Waals surface area contributed by atoms with Gasteiger partial charge in [0.05, 0.1) is 17.5 Å². The fourth-order valence-electron chi connectivity index (χ4n) is 2.01. The van der Waals surface area contributed by atoms with Gasteiger partial charge >= 0.3 is 0 Å². The molecule has 0 radical (unpaired) electrons. The third-order valence-electron chi connectivity index (χ3n) is 2.97. The molecule has 2 aromatic rings. The van der Waals surface area contributed by atoms with E-state index < -0.39 is 0 Å². The molecule has 0 fully saturated rings. The number of benzene rings is 2. The Hall–Kier alpha value is -1.50. The lowest BCUT2D eigenvalue weighted by Gasteiger charge is -2.14. The maximum Gasteiger partial charge on any atom is 0.127 e. The van der Waals surface area contributed by atoms with Crippen molar-refractivity contribution in [1.29, 1.82) is 5.26 Å². The number of alkyl halides is 1. The molecule has 0 N–H and O–H groups in total. The van der Waals surface area contributed by atoms with E-state index in [2.05, 4.69) is 22.0 Å². The van der Waals surface area contributed by atoms with Crippen molar-refractivity contribution in [2.24, 2.45) is 0 Å². The number of hydrogen-bond acceptors (Lipinski definition) is 2. The van der Waals surface area contributed by atoms with E-state index in [0.717, 1.165) is 26.9 Å². The lowest BCUT2D eigenvalue weighted by Crippen LogP contribution is -2.02. The van der Waals surface area contributed by atoms with Crippen LogP contribution in [-0.2, 0) is 12.5 Å². The monoisotopic (exact) mass is 349 g/mol. The van der Waals surface area contributed by atoms with Crippen molar-refractivity contribution < 1.29 is 4.74 Å². The van der Waals surface area contributed by atoms with Crippen LogP contribution >= 0.6 is 27.5 Å². The Balaban J connectivity index is 2.25. The lowest BCUT2D eigenvalue weighted by molar-refractivity contribution is 0.301. The first-order valence-corrected chi connectivity index (χ1v) is 7.44. The number of hydrogen-bond donors (Lipinski definition) is 0. The van der Waals surface area contributed by atoms with Gasteiger partial charge in [-0.1, -0.05) is 34.1 Å². The minimum atomic E-state index is 0.357. The Morgan fingerprint density at radius 2 is 2.00 bits per heavy atom. The van der Waals surface area contributed by atoms with Gasteiger partial charge in [-0.3, -0.25) is 0 Å². The van der Waals surface area contributed by atoms with Crippen LogP contribution in [0.15, 0.2) is 40.9 Å². The molecule has 0 atom stereocenters. The quantitative estimate of drug-likeness (QED) is 0.731. The molecule has 0 spiro atoms. The smallest absolute Gasteiger partial charge is 0.127 e. The molecular weight excluding hydrogens is 338 g/mol. The van der Waals surface area contributed by atoms with Crippen LogP contribution in [0.3, 0.4) is 0 Å². The molecule has 0 bridgehead atoms. The summed E-state index contributed by atoms with van der Waals surface area (Å²) < 4.78 is 6.87. The first-order valence-electron chi connectivity index (χ1n) is 6.11. The number of nitrogens with zero attached hydrogens (tertiary/aromatic N) is 1. The van der Waals surface area contributed by atoms with Gasteiger partial charge in [-0.2, -0.15) is 5.26 Å². The van der Waals surface area contributed by atoms with Crippen LogP contribution in [0.1, 0.15) is 22.3 Å². The van der Waals surface area contributed by atoms with Gasteiger partial charge < -0.3 is 4.74 Å². The van der Waals surface area contributed by atoms with Gasteiger partial charge in [0.2, 0.25) is 0 Å². The van der Waals surface area contributed by atoms with Crippen LogP contribution in [0, 0.1) is 18.3 Å². The fourth-order valence-corrected chi connectivity index (χ4v) is 2.83. The molecule has 0 amide bonds. The summed E-state index contributed by atoms with van der Waals surface area (Å²) in [6.45, 7) is 2.34. The van der Waals surface area contributed by atoms with E-state index in [1.165, 1.54) is 0 Å². The largest absolute Gasteiger partial charge is 0.488 e. The second-order valence-corrected chi connectivity index (χ2v) is 5.59. The maximum atomic E-state index is 9.07. The van der Waals surface area contributed by atoms with Crippen LogP contribution in [-0.4, -0.2) is 0 Å². The zero-order valence-electron chi connectivity index (χ0n) is 11.0. The topological polar surface area (TPSA) is 33.0 Å². The second kappa shape index (κ2) is 6.78. The highest BCUT2D eigenvalue weighted by atomic mass is 79.9. The minimum Gasteiger partial charge on any atom is -0.488 e. The molecule has 0 saturated heterocycles. The third-order valence-corrected chi connectivity index (χ3v) is 3.72. The molecule has 102 valence electrons. The summed E-state index contributed by atoms with van der Waals surface area (Å²) >= 11 is 9.41. The number of nitriles is 1. The number of rotatable bonds is 4. The molecule has 0 heterocycles. The molecule has 2 rings (SSSR count). The van der Waals surface area contributed by atoms with E-state index in [4.69, 9.17) is 21.6 Å². The Morgan fingerprint density at radius 1 is 1.25 bits per heavy atom. The number of ether oxygens (including phenoxy) is 1. The molecule has 0 aliphatic rings. The zero-order chi connectivity index (χ0) is 14.5. The molecular formula is C16H13BrClNO. The van der Waals surface area contributed by atoms with Gasteiger partial charge in [0, 0.05) is 15.6 Å². The zero-order valence-corrected chi connectivity index (χ0v) is 13.3. The van der Waals surface area contributed by atoms with Gasteiger partial charge in [-0.05, 0) is 30.7 Å². The number of aryl methyl sites for hydroxylation is 1. The summed E-state index contributed by atoms with van der Waals surface area (Å²) in [5.41, 5.74) is 3.46. The van der Waals surface area contributed by atoms with E-state index in [1.54, 1.807) is 6.07 Å². The summed E-state index contributed by atoms with van der Waals surface area (Å²) in [5.74, 6) is 1.17. The van der Waals surface area contributed by atoms with E-state index >= 15 is 0 Å². The van der Waals surface area contributed by atoms with Gasteiger partial charge in [0.15, 0.2) is 0 Å². The maximum absolute atomic E-state index is 9.07. The number of halogens is 2. The molecule has 20 heavy (non-hydrogen) atoms. The highest BCUT2D eigenvalue weighted by molar-refractivity contribution is 9.10. The minimum absolute atomic E-state index is 0.357. The van der Waals surface area contributed by atoms with Gasteiger partial charge in [0.1, 0.15) is 12.4 Å². The van der Waals surface area contributed by atoms with Crippen LogP contribution < -0.4 is 4.74 Å². The van der Waals surface area contributed by atoms with Crippen molar-refractivity contribution in [3.63, 3.8) is 0 Å². The van der Waals surface area contributed by atoms with Crippen LogP contribution in [0.25, 0.3) is 0 Å². The first kappa shape index (κ1) is 14.9. The van der Waals surface area contributed by atoms with Crippen molar-refractivity contribution in [2.45, 2.75) is 19.4 Å². The van der Waals surface area contributed by atoms with E-state index in [0.29, 0.717) is 18.1 Å². The Bertz CT molecular complexity index is 664. The molecule has 2 aromatic carbocycles. The highest BCUT2D eigenvalue weighted by Crippen LogP contribution is 2.30. The molecule has 0 unspecified atom stereocenters. The van der Waals surface area contributed by atoms with Gasteiger partial charge in [-0.25, -0.2) is 0 Å². The standard InChI is InChI=1S/C16H13BrClNO/c1-11-6-15(17)7-14(8-18)16(11)20-10-13-5-3-2-4-12(13)9-19/h2-7H,8,10H2,1H3. The predicted octanol–water partition coefficient (Wildman–Crippen LogP) is 4.95. The molecule has 0 aromatic heterocycles. The van der Waals surface area contributed by atoms with Crippen molar-refractivity contribution in [3.05, 3.63) is 63.1 Å². The SMILES string of the molecule is Cc1cc(Br)cc(CCl)c1OCc1ccccc1C#N. The van der Waals surface area contributed by atoms with Gasteiger partial charge in [-0.15, -0.1) is 11.6 Å². The van der Waals surface area contributed by atoms with Crippen molar-refractivity contribution >= 4 is 27.5 Å². The summed E-state index contributed by atoms with van der Waals surface area (Å²) in [5, 5.41) is 9.07. The fraction of sp³-hybridized carbons (Fsp3) is 0.188. The van der Waals surface area contributed by atoms with Crippen molar-refractivity contribution in [2.75, 3.05) is 0 Å². The van der Waals surface area contributed by atoms with Crippen molar-refractivity contribution in [1.82, 2.24) is 0 Å². The van der Waals surface area contributed by atoms with E-state index in [1.807, 2.05) is 37.3 Å². The van der Waals surface area contributed by atoms with E-state index in [9.17, 15) is 0 Å². The Kier molecular flexibility index (Phi) is 5.05. The second-order valence-electron chi connectivity index (χ2n) is 4.40. The molecule has 2 nitrogen and oxygen atoms in total. The summed E-state index contributed by atoms with van der Waals surface area (Å²) in [6.07, 6.45) is 0. The van der Waals surface area contributed by atoms with Crippen LogP contribution in [0.2, 0.25) is 0 Å². The van der Waals surface area contributed by atoms with Crippen molar-refractivity contribution in [3.8, 4) is 11.8 Å². The Morgan fingerprint density at radius 3 is 2.70 bits per heavy atom. The van der Waals surface area contributed by atoms with Gasteiger partial charge in [0.25, 0.3) is 0 Å². The Labute approximate surface area is 132 Å². The molecule has 0 aliphatic heterocycles. The normalized spacial score (nSPS) is 10.1. The predicted molar refractivity (Wildman–Crippen MR) is 83.9 cm³/mol. The molecule has 0 saturated carbocycles. The first-order chi connectivity index (χ1) is 9.65. The highest BCUT2D eigenvalue weighted by Gasteiger charge is 2.10. The average Bonchev–Trinajstić information content (AvgIpc) is 2.45. The summed E-state index contributed by atoms with van der Waals surface area (Å²) in [6, 6.07) is 13.5. The van der Waals surface area contributed by atoms with E-state index in [-0.39, 0.29) is 0 Å². The summed E-state index contributed by atoms with van der Waals surface area (Å²) in [7, 11) is 0.